The summed E-state index contributed by atoms with van der Waals surface area (Å²) in [6.07, 6.45) is 2.97. The molecule has 0 bridgehead atoms. The molecule has 0 aromatic heterocycles. The highest BCUT2D eigenvalue weighted by molar-refractivity contribution is 5.94. The fourth-order valence-corrected chi connectivity index (χ4v) is 3.48. The summed E-state index contributed by atoms with van der Waals surface area (Å²) >= 11 is 0. The van der Waals surface area contributed by atoms with E-state index in [0.717, 1.165) is 18.6 Å². The number of nitrogens with one attached hydrogen (secondary N) is 2. The second-order valence-corrected chi connectivity index (χ2v) is 8.11. The van der Waals surface area contributed by atoms with Crippen LogP contribution in [-0.2, 0) is 9.53 Å². The van der Waals surface area contributed by atoms with Crippen LogP contribution in [0.3, 0.4) is 0 Å². The lowest BCUT2D eigenvalue weighted by molar-refractivity contribution is -0.118. The first-order chi connectivity index (χ1) is 13.3. The molecule has 7 nitrogen and oxygen atoms in total. The Hall–Kier alpha value is -2.70. The SMILES string of the molecule is CC(C)(C)OC(=O)N[C@@H]1C=C2C(=O)NCCC(CCOc3ccccc3)N2C1. The highest BCUT2D eigenvalue weighted by Crippen LogP contribution is 2.25. The summed E-state index contributed by atoms with van der Waals surface area (Å²) in [6, 6.07) is 9.61. The number of rotatable bonds is 5. The first kappa shape index (κ1) is 20.0. The van der Waals surface area contributed by atoms with Crippen molar-refractivity contribution < 1.29 is 19.1 Å². The van der Waals surface area contributed by atoms with Crippen molar-refractivity contribution in [3.8, 4) is 5.75 Å². The zero-order valence-electron chi connectivity index (χ0n) is 16.7. The quantitative estimate of drug-likeness (QED) is 0.811. The van der Waals surface area contributed by atoms with Gasteiger partial charge in [-0.25, -0.2) is 4.79 Å². The second-order valence-electron chi connectivity index (χ2n) is 8.11. The molecule has 1 unspecified atom stereocenters. The summed E-state index contributed by atoms with van der Waals surface area (Å²) in [4.78, 5) is 26.6. The van der Waals surface area contributed by atoms with E-state index in [1.807, 2.05) is 57.2 Å². The zero-order valence-corrected chi connectivity index (χ0v) is 16.7. The van der Waals surface area contributed by atoms with E-state index in [1.54, 1.807) is 0 Å². The molecule has 2 N–H and O–H groups in total. The van der Waals surface area contributed by atoms with Crippen LogP contribution in [0.15, 0.2) is 42.1 Å². The molecule has 0 aliphatic carbocycles. The van der Waals surface area contributed by atoms with Gasteiger partial charge >= 0.3 is 6.09 Å². The molecule has 28 heavy (non-hydrogen) atoms. The predicted octanol–water partition coefficient (Wildman–Crippen LogP) is 2.44. The number of para-hydroxylation sites is 1. The number of hydrogen-bond donors (Lipinski definition) is 2. The summed E-state index contributed by atoms with van der Waals surface area (Å²) < 4.78 is 11.2. The molecule has 0 spiro atoms. The lowest BCUT2D eigenvalue weighted by Crippen LogP contribution is -2.43. The Kier molecular flexibility index (Phi) is 6.11. The van der Waals surface area contributed by atoms with Gasteiger partial charge in [0, 0.05) is 25.6 Å². The molecule has 0 radical (unpaired) electrons. The Labute approximate surface area is 166 Å². The van der Waals surface area contributed by atoms with Crippen LogP contribution in [0, 0.1) is 0 Å². The van der Waals surface area contributed by atoms with Crippen molar-refractivity contribution in [2.75, 3.05) is 19.7 Å². The van der Waals surface area contributed by atoms with Gasteiger partial charge in [0.1, 0.15) is 17.0 Å². The van der Waals surface area contributed by atoms with Gasteiger partial charge in [0.05, 0.1) is 12.6 Å². The van der Waals surface area contributed by atoms with Crippen molar-refractivity contribution in [1.82, 2.24) is 15.5 Å². The third kappa shape index (κ3) is 5.41. The van der Waals surface area contributed by atoms with Crippen molar-refractivity contribution in [3.63, 3.8) is 0 Å². The zero-order chi connectivity index (χ0) is 20.1. The highest BCUT2D eigenvalue weighted by atomic mass is 16.6. The van der Waals surface area contributed by atoms with Crippen molar-refractivity contribution in [1.29, 1.82) is 0 Å². The van der Waals surface area contributed by atoms with E-state index in [-0.39, 0.29) is 18.0 Å². The molecule has 7 heteroatoms. The third-order valence-corrected chi connectivity index (χ3v) is 4.66. The first-order valence-electron chi connectivity index (χ1n) is 9.76. The highest BCUT2D eigenvalue weighted by Gasteiger charge is 2.35. The number of nitrogens with zero attached hydrogens (tertiary/aromatic N) is 1. The Morgan fingerprint density at radius 2 is 2.04 bits per heavy atom. The molecule has 1 fully saturated rings. The molecule has 1 saturated heterocycles. The van der Waals surface area contributed by atoms with Crippen LogP contribution in [0.4, 0.5) is 4.79 Å². The number of fused-ring (bicyclic) bond motifs is 1. The summed E-state index contributed by atoms with van der Waals surface area (Å²) in [5.41, 5.74) is 0.0537. The van der Waals surface area contributed by atoms with Gasteiger partial charge in [-0.05, 0) is 45.4 Å². The monoisotopic (exact) mass is 387 g/mol. The van der Waals surface area contributed by atoms with E-state index in [1.165, 1.54) is 0 Å². The lowest BCUT2D eigenvalue weighted by atomic mass is 10.1. The van der Waals surface area contributed by atoms with Gasteiger partial charge in [-0.15, -0.1) is 0 Å². The molecule has 2 aliphatic rings. The van der Waals surface area contributed by atoms with Gasteiger partial charge in [0.2, 0.25) is 0 Å². The molecule has 1 aromatic rings. The van der Waals surface area contributed by atoms with Crippen molar-refractivity contribution in [2.45, 2.75) is 51.3 Å². The molecule has 2 atom stereocenters. The summed E-state index contributed by atoms with van der Waals surface area (Å²) in [7, 11) is 0. The minimum absolute atomic E-state index is 0.0973. The number of benzene rings is 1. The Morgan fingerprint density at radius 1 is 1.29 bits per heavy atom. The van der Waals surface area contributed by atoms with E-state index in [9.17, 15) is 9.59 Å². The fraction of sp³-hybridized carbons (Fsp3) is 0.524. The normalized spacial score (nSPS) is 21.9. The van der Waals surface area contributed by atoms with Crippen LogP contribution in [0.25, 0.3) is 0 Å². The third-order valence-electron chi connectivity index (χ3n) is 4.66. The van der Waals surface area contributed by atoms with Gasteiger partial charge in [0.15, 0.2) is 0 Å². The van der Waals surface area contributed by atoms with E-state index < -0.39 is 11.7 Å². The Balaban J connectivity index is 1.59. The fourth-order valence-electron chi connectivity index (χ4n) is 3.48. The van der Waals surface area contributed by atoms with Crippen molar-refractivity contribution in [3.05, 3.63) is 42.1 Å². The lowest BCUT2D eigenvalue weighted by Gasteiger charge is -2.30. The average molecular weight is 387 g/mol. The van der Waals surface area contributed by atoms with E-state index >= 15 is 0 Å². The van der Waals surface area contributed by atoms with Gasteiger partial charge in [-0.1, -0.05) is 18.2 Å². The van der Waals surface area contributed by atoms with Gasteiger partial charge < -0.3 is 25.0 Å². The van der Waals surface area contributed by atoms with Crippen molar-refractivity contribution >= 4 is 12.0 Å². The largest absolute Gasteiger partial charge is 0.494 e. The summed E-state index contributed by atoms with van der Waals surface area (Å²) in [6.45, 7) is 7.22. The molecule has 2 aliphatic heterocycles. The number of carbonyl (C=O) groups is 2. The second kappa shape index (κ2) is 8.54. The van der Waals surface area contributed by atoms with Crippen LogP contribution >= 0.6 is 0 Å². The maximum Gasteiger partial charge on any atom is 0.408 e. The number of carbonyl (C=O) groups excluding carboxylic acids is 2. The molecule has 2 heterocycles. The van der Waals surface area contributed by atoms with Crippen LogP contribution < -0.4 is 15.4 Å². The van der Waals surface area contributed by atoms with E-state index in [2.05, 4.69) is 15.5 Å². The van der Waals surface area contributed by atoms with E-state index in [4.69, 9.17) is 9.47 Å². The maximum absolute atomic E-state index is 12.4. The molecular formula is C21H29N3O4. The number of amides is 2. The van der Waals surface area contributed by atoms with Crippen LogP contribution in [-0.4, -0.2) is 54.3 Å². The minimum Gasteiger partial charge on any atom is -0.494 e. The van der Waals surface area contributed by atoms with Gasteiger partial charge in [0.25, 0.3) is 5.91 Å². The van der Waals surface area contributed by atoms with Crippen LogP contribution in [0.5, 0.6) is 5.75 Å². The van der Waals surface area contributed by atoms with E-state index in [0.29, 0.717) is 25.4 Å². The summed E-state index contributed by atoms with van der Waals surface area (Å²) in [5.74, 6) is 0.743. The van der Waals surface area contributed by atoms with Gasteiger partial charge in [-0.3, -0.25) is 4.79 Å². The minimum atomic E-state index is -0.560. The van der Waals surface area contributed by atoms with Crippen molar-refractivity contribution in [2.24, 2.45) is 0 Å². The molecule has 2 amide bonds. The van der Waals surface area contributed by atoms with Crippen LogP contribution in [0.1, 0.15) is 33.6 Å². The van der Waals surface area contributed by atoms with Gasteiger partial charge in [-0.2, -0.15) is 0 Å². The Bertz CT molecular complexity index is 727. The smallest absolute Gasteiger partial charge is 0.408 e. The number of alkyl carbamates (subject to hydrolysis) is 1. The average Bonchev–Trinajstić information content (AvgIpc) is 2.97. The predicted molar refractivity (Wildman–Crippen MR) is 106 cm³/mol. The first-order valence-corrected chi connectivity index (χ1v) is 9.76. The topological polar surface area (TPSA) is 79.9 Å². The molecule has 152 valence electrons. The number of hydrogen-bond acceptors (Lipinski definition) is 5. The standard InChI is InChI=1S/C21H29N3O4/c1-21(2,3)28-20(26)23-15-13-18-19(25)22-11-9-16(24(18)14-15)10-12-27-17-7-5-4-6-8-17/h4-8,13,15-16H,9-12,14H2,1-3H3,(H,22,25)(H,23,26)/t15-,16?/m1/s1. The summed E-state index contributed by atoms with van der Waals surface area (Å²) in [5, 5.41) is 5.78. The molecule has 0 saturated carbocycles. The Morgan fingerprint density at radius 3 is 2.75 bits per heavy atom. The van der Waals surface area contributed by atoms with Crippen LogP contribution in [0.2, 0.25) is 0 Å². The number of ether oxygens (including phenoxy) is 2. The molecule has 1 aromatic carbocycles. The maximum atomic E-state index is 12.4. The molecular weight excluding hydrogens is 358 g/mol. The molecule has 3 rings (SSSR count).